The summed E-state index contributed by atoms with van der Waals surface area (Å²) in [5.41, 5.74) is 0.371. The summed E-state index contributed by atoms with van der Waals surface area (Å²) in [6.45, 7) is 7.87. The first kappa shape index (κ1) is 20.9. The molecular weight excluding hydrogens is 348 g/mol. The maximum atomic E-state index is 12.4. The number of aromatic nitrogens is 2. The minimum absolute atomic E-state index is 0.189. The topological polar surface area (TPSA) is 90.9 Å². The lowest BCUT2D eigenvalue weighted by Gasteiger charge is -2.34. The van der Waals surface area contributed by atoms with Crippen LogP contribution in [0.2, 0.25) is 0 Å². The Morgan fingerprint density at radius 2 is 1.93 bits per heavy atom. The van der Waals surface area contributed by atoms with Gasteiger partial charge in [-0.3, -0.25) is 4.79 Å². The van der Waals surface area contributed by atoms with E-state index >= 15 is 0 Å². The van der Waals surface area contributed by atoms with Crippen molar-refractivity contribution in [3.05, 3.63) is 17.6 Å². The van der Waals surface area contributed by atoms with E-state index in [4.69, 9.17) is 4.74 Å². The van der Waals surface area contributed by atoms with Gasteiger partial charge >= 0.3 is 6.09 Å². The van der Waals surface area contributed by atoms with Gasteiger partial charge in [-0.05, 0) is 40.9 Å². The second kappa shape index (κ2) is 10.1. The predicted molar refractivity (Wildman–Crippen MR) is 103 cm³/mol. The Labute approximate surface area is 160 Å². The van der Waals surface area contributed by atoms with Crippen LogP contribution in [0.5, 0.6) is 0 Å². The van der Waals surface area contributed by atoms with Crippen molar-refractivity contribution in [1.29, 1.82) is 0 Å². The molecule has 2 amide bonds. The van der Waals surface area contributed by atoms with Crippen LogP contribution < -0.4 is 10.2 Å². The van der Waals surface area contributed by atoms with Crippen LogP contribution in [0.4, 0.5) is 10.6 Å². The van der Waals surface area contributed by atoms with E-state index in [1.807, 2.05) is 14.1 Å². The fourth-order valence-corrected chi connectivity index (χ4v) is 2.85. The number of ether oxygens (including phenoxy) is 1. The van der Waals surface area contributed by atoms with Gasteiger partial charge in [0.15, 0.2) is 0 Å². The van der Waals surface area contributed by atoms with E-state index in [1.165, 1.54) is 0 Å². The van der Waals surface area contributed by atoms with Crippen LogP contribution in [0.3, 0.4) is 0 Å². The summed E-state index contributed by atoms with van der Waals surface area (Å²) in [6, 6.07) is 1.72. The van der Waals surface area contributed by atoms with E-state index in [9.17, 15) is 9.59 Å². The summed E-state index contributed by atoms with van der Waals surface area (Å²) in [5.74, 6) is 1.08. The maximum absolute atomic E-state index is 12.4. The zero-order valence-corrected chi connectivity index (χ0v) is 16.7. The Bertz CT molecular complexity index is 644. The summed E-state index contributed by atoms with van der Waals surface area (Å²) in [4.78, 5) is 38.7. The van der Waals surface area contributed by atoms with Gasteiger partial charge in [0.05, 0.1) is 6.61 Å². The molecule has 1 aromatic rings. The predicted octanol–water partition coefficient (Wildman–Crippen LogP) is 0.745. The molecule has 0 unspecified atom stereocenters. The van der Waals surface area contributed by atoms with Gasteiger partial charge in [0.2, 0.25) is 0 Å². The number of amides is 2. The Morgan fingerprint density at radius 3 is 2.56 bits per heavy atom. The number of rotatable bonds is 7. The van der Waals surface area contributed by atoms with Crippen LogP contribution in [-0.2, 0) is 4.74 Å². The first-order valence-corrected chi connectivity index (χ1v) is 9.36. The van der Waals surface area contributed by atoms with Crippen molar-refractivity contribution in [2.24, 2.45) is 0 Å². The fraction of sp³-hybridized carbons (Fsp3) is 0.667. The van der Waals surface area contributed by atoms with Crippen LogP contribution in [0.25, 0.3) is 0 Å². The highest BCUT2D eigenvalue weighted by Gasteiger charge is 2.23. The van der Waals surface area contributed by atoms with Crippen molar-refractivity contribution in [3.63, 3.8) is 0 Å². The second-order valence-corrected chi connectivity index (χ2v) is 6.74. The molecule has 1 aliphatic heterocycles. The molecule has 9 heteroatoms. The number of piperazine rings is 1. The average molecular weight is 378 g/mol. The summed E-state index contributed by atoms with van der Waals surface area (Å²) in [6.07, 6.45) is 0.597. The van der Waals surface area contributed by atoms with Gasteiger partial charge in [-0.1, -0.05) is 0 Å². The summed E-state index contributed by atoms with van der Waals surface area (Å²) < 4.78 is 5.04. The monoisotopic (exact) mass is 378 g/mol. The van der Waals surface area contributed by atoms with Gasteiger partial charge in [0.1, 0.15) is 17.3 Å². The summed E-state index contributed by atoms with van der Waals surface area (Å²) >= 11 is 0. The lowest BCUT2D eigenvalue weighted by molar-refractivity contribution is 0.0946. The van der Waals surface area contributed by atoms with Crippen LogP contribution in [0.15, 0.2) is 6.07 Å². The Kier molecular flexibility index (Phi) is 7.78. The molecule has 0 aromatic carbocycles. The van der Waals surface area contributed by atoms with E-state index in [-0.39, 0.29) is 12.0 Å². The number of nitrogens with one attached hydrogen (secondary N) is 1. The molecule has 0 bridgehead atoms. The summed E-state index contributed by atoms with van der Waals surface area (Å²) in [5, 5.41) is 2.90. The van der Waals surface area contributed by atoms with Crippen molar-refractivity contribution >= 4 is 17.8 Å². The van der Waals surface area contributed by atoms with Gasteiger partial charge < -0.3 is 24.8 Å². The molecular formula is C18H30N6O3. The number of hydrogen-bond acceptors (Lipinski definition) is 7. The molecule has 150 valence electrons. The smallest absolute Gasteiger partial charge is 0.409 e. The largest absolute Gasteiger partial charge is 0.450 e. The zero-order valence-electron chi connectivity index (χ0n) is 16.7. The Hall–Kier alpha value is -2.42. The van der Waals surface area contributed by atoms with Crippen molar-refractivity contribution in [2.75, 3.05) is 64.9 Å². The van der Waals surface area contributed by atoms with E-state index in [0.29, 0.717) is 56.7 Å². The Balaban J connectivity index is 1.95. The molecule has 0 atom stereocenters. The van der Waals surface area contributed by atoms with Crippen molar-refractivity contribution in [1.82, 2.24) is 25.1 Å². The van der Waals surface area contributed by atoms with Crippen LogP contribution in [0, 0.1) is 6.92 Å². The van der Waals surface area contributed by atoms with Gasteiger partial charge in [0.25, 0.3) is 5.91 Å². The molecule has 0 saturated carbocycles. The fourth-order valence-electron chi connectivity index (χ4n) is 2.85. The molecule has 2 rings (SSSR count). The first-order chi connectivity index (χ1) is 12.9. The molecule has 0 radical (unpaired) electrons. The third kappa shape index (κ3) is 6.35. The SMILES string of the molecule is CCOC(=O)N1CCN(c2cc(C(=O)NCCCN(C)C)nc(C)n2)CC1. The lowest BCUT2D eigenvalue weighted by Crippen LogP contribution is -2.49. The van der Waals surface area contributed by atoms with Crippen molar-refractivity contribution < 1.29 is 14.3 Å². The van der Waals surface area contributed by atoms with Crippen molar-refractivity contribution in [3.8, 4) is 0 Å². The molecule has 0 aliphatic carbocycles. The van der Waals surface area contributed by atoms with Crippen molar-refractivity contribution in [2.45, 2.75) is 20.3 Å². The molecule has 1 fully saturated rings. The van der Waals surface area contributed by atoms with Gasteiger partial charge in [0, 0.05) is 38.8 Å². The number of anilines is 1. The molecule has 1 N–H and O–H groups in total. The second-order valence-electron chi connectivity index (χ2n) is 6.74. The number of carbonyl (C=O) groups excluding carboxylic acids is 2. The highest BCUT2D eigenvalue weighted by atomic mass is 16.6. The number of hydrogen-bond donors (Lipinski definition) is 1. The zero-order chi connectivity index (χ0) is 19.8. The molecule has 0 spiro atoms. The molecule has 9 nitrogen and oxygen atoms in total. The minimum atomic E-state index is -0.284. The third-order valence-electron chi connectivity index (χ3n) is 4.25. The molecule has 27 heavy (non-hydrogen) atoms. The van der Waals surface area contributed by atoms with E-state index in [0.717, 1.165) is 13.0 Å². The molecule has 1 aromatic heterocycles. The standard InChI is InChI=1S/C18H30N6O3/c1-5-27-18(26)24-11-9-23(10-12-24)16-13-15(20-14(2)21-16)17(25)19-7-6-8-22(3)4/h13H,5-12H2,1-4H3,(H,19,25). The van der Waals surface area contributed by atoms with E-state index in [1.54, 1.807) is 24.8 Å². The van der Waals surface area contributed by atoms with E-state index < -0.39 is 0 Å². The molecule has 1 saturated heterocycles. The van der Waals surface area contributed by atoms with Crippen LogP contribution >= 0.6 is 0 Å². The quantitative estimate of drug-likeness (QED) is 0.700. The Morgan fingerprint density at radius 1 is 1.22 bits per heavy atom. The molecule has 1 aliphatic rings. The first-order valence-electron chi connectivity index (χ1n) is 9.36. The number of nitrogens with zero attached hydrogens (tertiary/aromatic N) is 5. The average Bonchev–Trinajstić information content (AvgIpc) is 2.64. The van der Waals surface area contributed by atoms with Gasteiger partial charge in [-0.25, -0.2) is 14.8 Å². The van der Waals surface area contributed by atoms with Crippen LogP contribution in [0.1, 0.15) is 29.7 Å². The van der Waals surface area contributed by atoms with Gasteiger partial charge in [-0.15, -0.1) is 0 Å². The minimum Gasteiger partial charge on any atom is -0.450 e. The highest BCUT2D eigenvalue weighted by molar-refractivity contribution is 5.92. The molecule has 2 heterocycles. The lowest BCUT2D eigenvalue weighted by atomic mass is 10.3. The van der Waals surface area contributed by atoms with Crippen LogP contribution in [-0.4, -0.2) is 91.7 Å². The third-order valence-corrected chi connectivity index (χ3v) is 4.25. The number of aryl methyl sites for hydroxylation is 1. The van der Waals surface area contributed by atoms with E-state index in [2.05, 4.69) is 25.1 Å². The van der Waals surface area contributed by atoms with Gasteiger partial charge in [-0.2, -0.15) is 0 Å². The highest BCUT2D eigenvalue weighted by Crippen LogP contribution is 2.16. The summed E-state index contributed by atoms with van der Waals surface area (Å²) in [7, 11) is 4.01. The normalized spacial score (nSPS) is 14.4. The maximum Gasteiger partial charge on any atom is 0.409 e. The number of carbonyl (C=O) groups is 2.